The molecule has 0 aromatic heterocycles. The second-order valence-electron chi connectivity index (χ2n) is 6.83. The van der Waals surface area contributed by atoms with Crippen LogP contribution in [-0.2, 0) is 4.74 Å². The Bertz CT molecular complexity index is 264. The number of hydrogen-bond acceptors (Lipinski definition) is 3. The molecule has 0 spiro atoms. The van der Waals surface area contributed by atoms with Crippen molar-refractivity contribution in [2.75, 3.05) is 46.4 Å². The molecule has 104 valence electrons. The minimum absolute atomic E-state index is 0.559. The standard InChI is InChI=1S/C15H28N2O/c1-17-8-4-14(5-9-17)15(11-18-12-15)10-13-2-6-16-7-3-13/h13-14,16H,2-12H2,1H3. The molecule has 3 aliphatic heterocycles. The molecule has 0 radical (unpaired) electrons. The highest BCUT2D eigenvalue weighted by molar-refractivity contribution is 4.95. The van der Waals surface area contributed by atoms with E-state index >= 15 is 0 Å². The van der Waals surface area contributed by atoms with Crippen LogP contribution in [0, 0.1) is 17.3 Å². The third-order valence-electron chi connectivity index (χ3n) is 5.52. The maximum Gasteiger partial charge on any atom is 0.0547 e. The monoisotopic (exact) mass is 252 g/mol. The molecule has 3 heteroatoms. The number of hydrogen-bond donors (Lipinski definition) is 1. The molecule has 3 fully saturated rings. The van der Waals surface area contributed by atoms with Crippen molar-refractivity contribution >= 4 is 0 Å². The lowest BCUT2D eigenvalue weighted by Crippen LogP contribution is -2.52. The van der Waals surface area contributed by atoms with Crippen molar-refractivity contribution in [3.63, 3.8) is 0 Å². The maximum atomic E-state index is 5.63. The van der Waals surface area contributed by atoms with Gasteiger partial charge in [-0.05, 0) is 77.2 Å². The molecular weight excluding hydrogens is 224 g/mol. The Morgan fingerprint density at radius 1 is 1.11 bits per heavy atom. The van der Waals surface area contributed by atoms with Gasteiger partial charge in [-0.1, -0.05) is 0 Å². The van der Waals surface area contributed by atoms with Crippen LogP contribution in [0.15, 0.2) is 0 Å². The lowest BCUT2D eigenvalue weighted by molar-refractivity contribution is -0.166. The van der Waals surface area contributed by atoms with Crippen molar-refractivity contribution in [3.8, 4) is 0 Å². The van der Waals surface area contributed by atoms with Crippen molar-refractivity contribution in [2.45, 2.75) is 32.1 Å². The van der Waals surface area contributed by atoms with E-state index in [1.54, 1.807) is 0 Å². The van der Waals surface area contributed by atoms with E-state index in [9.17, 15) is 0 Å². The number of likely N-dealkylation sites (tertiary alicyclic amines) is 1. The van der Waals surface area contributed by atoms with Gasteiger partial charge in [-0.3, -0.25) is 0 Å². The predicted octanol–water partition coefficient (Wildman–Crippen LogP) is 1.73. The smallest absolute Gasteiger partial charge is 0.0547 e. The highest BCUT2D eigenvalue weighted by Gasteiger charge is 2.47. The summed E-state index contributed by atoms with van der Waals surface area (Å²) in [5, 5.41) is 3.48. The SMILES string of the molecule is CN1CCC(C2(CC3CCNCC3)COC2)CC1. The van der Waals surface area contributed by atoms with Crippen LogP contribution in [0.2, 0.25) is 0 Å². The van der Waals surface area contributed by atoms with Crippen molar-refractivity contribution in [2.24, 2.45) is 17.3 Å². The fourth-order valence-electron chi connectivity index (χ4n) is 4.17. The van der Waals surface area contributed by atoms with E-state index in [4.69, 9.17) is 4.74 Å². The van der Waals surface area contributed by atoms with Gasteiger partial charge in [0.2, 0.25) is 0 Å². The second-order valence-corrected chi connectivity index (χ2v) is 6.83. The van der Waals surface area contributed by atoms with Crippen LogP contribution in [0.3, 0.4) is 0 Å². The molecule has 0 aliphatic carbocycles. The molecule has 0 unspecified atom stereocenters. The Hall–Kier alpha value is -0.120. The number of ether oxygens (including phenoxy) is 1. The fourth-order valence-corrected chi connectivity index (χ4v) is 4.17. The summed E-state index contributed by atoms with van der Waals surface area (Å²) in [6, 6.07) is 0. The molecule has 0 bridgehead atoms. The van der Waals surface area contributed by atoms with Gasteiger partial charge >= 0.3 is 0 Å². The van der Waals surface area contributed by atoms with E-state index in [0.29, 0.717) is 5.41 Å². The van der Waals surface area contributed by atoms with E-state index in [0.717, 1.165) is 25.0 Å². The summed E-state index contributed by atoms with van der Waals surface area (Å²) in [4.78, 5) is 2.48. The zero-order valence-corrected chi connectivity index (χ0v) is 11.8. The molecule has 0 saturated carbocycles. The molecule has 3 heterocycles. The molecule has 1 N–H and O–H groups in total. The third-order valence-corrected chi connectivity index (χ3v) is 5.52. The van der Waals surface area contributed by atoms with Gasteiger partial charge in [-0.15, -0.1) is 0 Å². The maximum absolute atomic E-state index is 5.63. The molecule has 3 aliphatic rings. The minimum Gasteiger partial charge on any atom is -0.380 e. The Morgan fingerprint density at radius 2 is 1.78 bits per heavy atom. The first kappa shape index (κ1) is 12.9. The summed E-state index contributed by atoms with van der Waals surface area (Å²) in [7, 11) is 2.26. The molecule has 3 rings (SSSR count). The average molecular weight is 252 g/mol. The van der Waals surface area contributed by atoms with Gasteiger partial charge in [0.1, 0.15) is 0 Å². The van der Waals surface area contributed by atoms with E-state index < -0.39 is 0 Å². The topological polar surface area (TPSA) is 24.5 Å². The van der Waals surface area contributed by atoms with Crippen LogP contribution in [0.4, 0.5) is 0 Å². The minimum atomic E-state index is 0.559. The summed E-state index contributed by atoms with van der Waals surface area (Å²) in [5.41, 5.74) is 0.559. The summed E-state index contributed by atoms with van der Waals surface area (Å²) in [5.74, 6) is 1.88. The van der Waals surface area contributed by atoms with Crippen LogP contribution in [0.5, 0.6) is 0 Å². The Kier molecular flexibility index (Phi) is 3.92. The molecule has 0 amide bonds. The zero-order chi connectivity index (χ0) is 12.4. The lowest BCUT2D eigenvalue weighted by atomic mass is 9.64. The van der Waals surface area contributed by atoms with Crippen molar-refractivity contribution < 1.29 is 4.74 Å². The molecule has 0 atom stereocenters. The third kappa shape index (κ3) is 2.59. The van der Waals surface area contributed by atoms with Gasteiger partial charge in [0, 0.05) is 5.41 Å². The summed E-state index contributed by atoms with van der Waals surface area (Å²) in [6.45, 7) is 7.14. The second kappa shape index (κ2) is 5.48. The molecule has 3 nitrogen and oxygen atoms in total. The van der Waals surface area contributed by atoms with E-state index in [2.05, 4.69) is 17.3 Å². The molecular formula is C15H28N2O. The quantitative estimate of drug-likeness (QED) is 0.828. The van der Waals surface area contributed by atoms with Crippen molar-refractivity contribution in [1.29, 1.82) is 0 Å². The van der Waals surface area contributed by atoms with Crippen LogP contribution in [0.1, 0.15) is 32.1 Å². The average Bonchev–Trinajstić information content (AvgIpc) is 2.36. The van der Waals surface area contributed by atoms with E-state index in [-0.39, 0.29) is 0 Å². The normalized spacial score (nSPS) is 31.2. The van der Waals surface area contributed by atoms with Gasteiger partial charge in [0.25, 0.3) is 0 Å². The van der Waals surface area contributed by atoms with Gasteiger partial charge in [0.15, 0.2) is 0 Å². The van der Waals surface area contributed by atoms with E-state index in [1.165, 1.54) is 58.3 Å². The van der Waals surface area contributed by atoms with E-state index in [1.807, 2.05) is 0 Å². The number of piperidine rings is 2. The highest BCUT2D eigenvalue weighted by atomic mass is 16.5. The molecule has 18 heavy (non-hydrogen) atoms. The summed E-state index contributed by atoms with van der Waals surface area (Å²) in [6.07, 6.45) is 6.99. The summed E-state index contributed by atoms with van der Waals surface area (Å²) < 4.78 is 5.63. The predicted molar refractivity (Wildman–Crippen MR) is 73.7 cm³/mol. The largest absolute Gasteiger partial charge is 0.380 e. The highest BCUT2D eigenvalue weighted by Crippen LogP contribution is 2.47. The van der Waals surface area contributed by atoms with Gasteiger partial charge in [0.05, 0.1) is 13.2 Å². The van der Waals surface area contributed by atoms with Gasteiger partial charge in [-0.25, -0.2) is 0 Å². The first-order valence-electron chi connectivity index (χ1n) is 7.75. The number of rotatable bonds is 3. The Morgan fingerprint density at radius 3 is 2.33 bits per heavy atom. The lowest BCUT2D eigenvalue weighted by Gasteiger charge is -2.51. The Balaban J connectivity index is 1.59. The van der Waals surface area contributed by atoms with Crippen LogP contribution < -0.4 is 5.32 Å². The van der Waals surface area contributed by atoms with Gasteiger partial charge < -0.3 is 15.0 Å². The Labute approximate surface area is 111 Å². The number of nitrogens with one attached hydrogen (secondary N) is 1. The zero-order valence-electron chi connectivity index (χ0n) is 11.8. The molecule has 0 aromatic rings. The van der Waals surface area contributed by atoms with Crippen LogP contribution in [0.25, 0.3) is 0 Å². The first-order chi connectivity index (χ1) is 8.78. The first-order valence-corrected chi connectivity index (χ1v) is 7.75. The summed E-state index contributed by atoms with van der Waals surface area (Å²) >= 11 is 0. The molecule has 0 aromatic carbocycles. The number of nitrogens with zero attached hydrogens (tertiary/aromatic N) is 1. The van der Waals surface area contributed by atoms with Crippen molar-refractivity contribution in [3.05, 3.63) is 0 Å². The van der Waals surface area contributed by atoms with Crippen LogP contribution >= 0.6 is 0 Å². The van der Waals surface area contributed by atoms with Crippen LogP contribution in [-0.4, -0.2) is 51.3 Å². The molecule has 3 saturated heterocycles. The van der Waals surface area contributed by atoms with Gasteiger partial charge in [-0.2, -0.15) is 0 Å². The fraction of sp³-hybridized carbons (Fsp3) is 1.00. The van der Waals surface area contributed by atoms with Crippen molar-refractivity contribution in [1.82, 2.24) is 10.2 Å².